The largest absolute Gasteiger partial charge is 0.374 e. The van der Waals surface area contributed by atoms with Crippen molar-refractivity contribution in [1.29, 1.82) is 0 Å². The number of hydrogen-bond acceptors (Lipinski definition) is 6. The number of hydrogen-bond donors (Lipinski definition) is 2. The third-order valence-corrected chi connectivity index (χ3v) is 7.12. The molecule has 3 aromatic heterocycles. The van der Waals surface area contributed by atoms with Gasteiger partial charge in [-0.25, -0.2) is 18.2 Å². The van der Waals surface area contributed by atoms with E-state index in [1.54, 1.807) is 24.7 Å². The fourth-order valence-corrected chi connectivity index (χ4v) is 5.12. The number of anilines is 2. The maximum absolute atomic E-state index is 15.0. The van der Waals surface area contributed by atoms with Crippen LogP contribution < -0.4 is 11.1 Å². The highest BCUT2D eigenvalue weighted by Gasteiger charge is 2.41. The summed E-state index contributed by atoms with van der Waals surface area (Å²) in [7, 11) is 0. The summed E-state index contributed by atoms with van der Waals surface area (Å²) in [5.74, 6) is -1.10. The number of benzene rings is 1. The number of nitrogens with two attached hydrogens (primary N) is 1. The minimum atomic E-state index is -1.87. The molecule has 1 saturated heterocycles. The lowest BCUT2D eigenvalue weighted by Crippen LogP contribution is -2.42. The van der Waals surface area contributed by atoms with Crippen LogP contribution in [-0.4, -0.2) is 38.8 Å². The van der Waals surface area contributed by atoms with E-state index in [4.69, 9.17) is 10.5 Å². The molecule has 4 heterocycles. The van der Waals surface area contributed by atoms with Crippen molar-refractivity contribution in [2.75, 3.05) is 18.5 Å². The van der Waals surface area contributed by atoms with Gasteiger partial charge in [0.1, 0.15) is 11.6 Å². The van der Waals surface area contributed by atoms with Crippen LogP contribution >= 0.6 is 0 Å². The topological polar surface area (TPSA) is 90.4 Å². The lowest BCUT2D eigenvalue weighted by Gasteiger charge is -2.34. The molecule has 0 bridgehead atoms. The lowest BCUT2D eigenvalue weighted by atomic mass is 9.81. The molecule has 0 spiro atoms. The standard InChI is InChI=1S/C26H25F3N6O/c27-20-9-16(26(29)13-36-14-26)10-21(28)24(20)22-5-4-18-11-32-25(35(18)34-22)33-23-12-31-7-6-19(23)15-2-1-3-17(30)8-15/h4-7,9-12,15,17H,1-3,8,13-14,30H2,(H,32,33). The van der Waals surface area contributed by atoms with E-state index >= 15 is 8.78 Å². The number of aromatic nitrogens is 4. The van der Waals surface area contributed by atoms with Gasteiger partial charge in [-0.2, -0.15) is 9.61 Å². The van der Waals surface area contributed by atoms with Crippen LogP contribution in [-0.2, 0) is 10.4 Å². The zero-order chi connectivity index (χ0) is 24.9. The summed E-state index contributed by atoms with van der Waals surface area (Å²) >= 11 is 0. The maximum atomic E-state index is 15.0. The van der Waals surface area contributed by atoms with Crippen molar-refractivity contribution in [3.63, 3.8) is 0 Å². The molecule has 1 saturated carbocycles. The molecule has 10 heteroatoms. The maximum Gasteiger partial charge on any atom is 0.229 e. The fraction of sp³-hybridized carbons (Fsp3) is 0.346. The first-order chi connectivity index (χ1) is 17.4. The molecule has 2 atom stereocenters. The first kappa shape index (κ1) is 22.9. The first-order valence-electron chi connectivity index (χ1n) is 12.0. The van der Waals surface area contributed by atoms with Crippen molar-refractivity contribution >= 4 is 17.2 Å². The van der Waals surface area contributed by atoms with Gasteiger partial charge in [0.25, 0.3) is 0 Å². The Hall–Kier alpha value is -3.50. The number of fused-ring (bicyclic) bond motifs is 1. The first-order valence-corrected chi connectivity index (χ1v) is 12.0. The summed E-state index contributed by atoms with van der Waals surface area (Å²) in [4.78, 5) is 8.68. The van der Waals surface area contributed by atoms with Crippen LogP contribution in [0.3, 0.4) is 0 Å². The van der Waals surface area contributed by atoms with E-state index < -0.39 is 17.3 Å². The van der Waals surface area contributed by atoms with Crippen LogP contribution in [0.1, 0.15) is 42.7 Å². The highest BCUT2D eigenvalue weighted by atomic mass is 19.1. The predicted octanol–water partition coefficient (Wildman–Crippen LogP) is 4.99. The van der Waals surface area contributed by atoms with Gasteiger partial charge < -0.3 is 15.8 Å². The minimum absolute atomic E-state index is 0.0625. The summed E-state index contributed by atoms with van der Waals surface area (Å²) in [6, 6.07) is 7.36. The van der Waals surface area contributed by atoms with E-state index in [1.165, 1.54) is 10.6 Å². The van der Waals surface area contributed by atoms with E-state index in [9.17, 15) is 4.39 Å². The van der Waals surface area contributed by atoms with Gasteiger partial charge in [0, 0.05) is 12.2 Å². The minimum Gasteiger partial charge on any atom is -0.374 e. The van der Waals surface area contributed by atoms with Crippen LogP contribution in [0.25, 0.3) is 16.8 Å². The van der Waals surface area contributed by atoms with E-state index in [1.807, 2.05) is 6.07 Å². The van der Waals surface area contributed by atoms with Crippen molar-refractivity contribution in [1.82, 2.24) is 19.6 Å². The Morgan fingerprint density at radius 3 is 2.61 bits per heavy atom. The number of pyridine rings is 1. The number of nitrogens with one attached hydrogen (secondary N) is 1. The van der Waals surface area contributed by atoms with E-state index in [-0.39, 0.29) is 36.1 Å². The molecule has 4 aromatic rings. The molecule has 2 fully saturated rings. The monoisotopic (exact) mass is 494 g/mol. The molecule has 186 valence electrons. The number of ether oxygens (including phenoxy) is 1. The summed E-state index contributed by atoms with van der Waals surface area (Å²) in [5, 5.41) is 7.75. The van der Waals surface area contributed by atoms with Gasteiger partial charge >= 0.3 is 0 Å². The smallest absolute Gasteiger partial charge is 0.229 e. The quantitative estimate of drug-likeness (QED) is 0.406. The van der Waals surface area contributed by atoms with Crippen LogP contribution in [0.15, 0.2) is 48.9 Å². The Morgan fingerprint density at radius 2 is 1.89 bits per heavy atom. The van der Waals surface area contributed by atoms with Gasteiger partial charge in [0.05, 0.1) is 48.1 Å². The number of nitrogens with zero attached hydrogens (tertiary/aromatic N) is 4. The molecular formula is C26H25F3N6O. The second kappa shape index (κ2) is 8.86. The van der Waals surface area contributed by atoms with Crippen molar-refractivity contribution < 1.29 is 17.9 Å². The summed E-state index contributed by atoms with van der Waals surface area (Å²) in [6.07, 6.45) is 9.13. The van der Waals surface area contributed by atoms with Crippen molar-refractivity contribution in [3.8, 4) is 11.3 Å². The SMILES string of the molecule is NC1CCCC(c2ccncc2Nc2ncc3ccc(-c4c(F)cc(C5(F)COC5)cc4F)nn23)C1. The Morgan fingerprint density at radius 1 is 1.08 bits per heavy atom. The highest BCUT2D eigenvalue weighted by Crippen LogP contribution is 2.38. The number of imidazole rings is 1. The lowest BCUT2D eigenvalue weighted by molar-refractivity contribution is -0.135. The molecule has 36 heavy (non-hydrogen) atoms. The summed E-state index contributed by atoms with van der Waals surface area (Å²) in [5.41, 5.74) is 6.51. The molecule has 0 radical (unpaired) electrons. The molecule has 6 rings (SSSR count). The predicted molar refractivity (Wildman–Crippen MR) is 129 cm³/mol. The van der Waals surface area contributed by atoms with Gasteiger partial charge in [-0.05, 0) is 66.6 Å². The van der Waals surface area contributed by atoms with E-state index in [0.29, 0.717) is 17.4 Å². The Labute approximate surface area is 205 Å². The average molecular weight is 495 g/mol. The number of rotatable bonds is 5. The van der Waals surface area contributed by atoms with Crippen LogP contribution in [0.2, 0.25) is 0 Å². The molecule has 2 unspecified atom stereocenters. The van der Waals surface area contributed by atoms with E-state index in [0.717, 1.165) is 49.1 Å². The van der Waals surface area contributed by atoms with Crippen LogP contribution in [0, 0.1) is 11.6 Å². The van der Waals surface area contributed by atoms with Gasteiger partial charge in [0.2, 0.25) is 5.95 Å². The molecule has 0 amide bonds. The molecular weight excluding hydrogens is 469 g/mol. The molecule has 7 nitrogen and oxygen atoms in total. The fourth-order valence-electron chi connectivity index (χ4n) is 5.12. The van der Waals surface area contributed by atoms with Crippen LogP contribution in [0.5, 0.6) is 0 Å². The van der Waals surface area contributed by atoms with Crippen molar-refractivity contribution in [2.24, 2.45) is 5.73 Å². The molecule has 1 aromatic carbocycles. The normalized spacial score (nSPS) is 21.3. The Bertz CT molecular complexity index is 1410. The molecule has 1 aliphatic carbocycles. The zero-order valence-electron chi connectivity index (χ0n) is 19.4. The van der Waals surface area contributed by atoms with Gasteiger partial charge in [0.15, 0.2) is 5.67 Å². The summed E-state index contributed by atoms with van der Waals surface area (Å²) in [6.45, 7) is -0.439. The van der Waals surface area contributed by atoms with Crippen molar-refractivity contribution in [2.45, 2.75) is 43.3 Å². The molecule has 1 aliphatic heterocycles. The highest BCUT2D eigenvalue weighted by molar-refractivity contribution is 5.66. The van der Waals surface area contributed by atoms with Crippen molar-refractivity contribution in [3.05, 3.63) is 71.7 Å². The van der Waals surface area contributed by atoms with Gasteiger partial charge in [-0.1, -0.05) is 6.42 Å². The average Bonchev–Trinajstić information content (AvgIpc) is 3.24. The van der Waals surface area contributed by atoms with Gasteiger partial charge in [-0.3, -0.25) is 4.98 Å². The molecule has 3 N–H and O–H groups in total. The third-order valence-electron chi connectivity index (χ3n) is 7.12. The summed E-state index contributed by atoms with van der Waals surface area (Å²) < 4.78 is 51.0. The number of alkyl halides is 1. The van der Waals surface area contributed by atoms with E-state index in [2.05, 4.69) is 20.4 Å². The zero-order valence-corrected chi connectivity index (χ0v) is 19.4. The van der Waals surface area contributed by atoms with Gasteiger partial charge in [-0.15, -0.1) is 0 Å². The second-order valence-corrected chi connectivity index (χ2v) is 9.62. The Balaban J connectivity index is 1.35. The third kappa shape index (κ3) is 4.00. The Kier molecular flexibility index (Phi) is 5.65. The number of halogens is 3. The second-order valence-electron chi connectivity index (χ2n) is 9.62. The molecule has 2 aliphatic rings. The van der Waals surface area contributed by atoms with Crippen LogP contribution in [0.4, 0.5) is 24.8 Å².